The molecule has 0 bridgehead atoms. The maximum absolute atomic E-state index is 12.4. The van der Waals surface area contributed by atoms with Gasteiger partial charge in [-0.1, -0.05) is 31.8 Å². The number of nitrogens with two attached hydrogens (primary N) is 1. The molecule has 0 fully saturated rings. The normalized spacial score (nSPS) is 13.0. The van der Waals surface area contributed by atoms with E-state index in [0.717, 1.165) is 31.2 Å². The van der Waals surface area contributed by atoms with E-state index < -0.39 is 0 Å². The highest BCUT2D eigenvalue weighted by molar-refractivity contribution is 5.76. The highest BCUT2D eigenvalue weighted by atomic mass is 16.5. The number of rotatable bonds is 12. The highest BCUT2D eigenvalue weighted by Crippen LogP contribution is 2.32. The number of methoxy groups -OCH3 is 2. The third-order valence-electron chi connectivity index (χ3n) is 4.99. The van der Waals surface area contributed by atoms with Crippen LogP contribution < -0.4 is 20.5 Å². The molecule has 1 aromatic heterocycles. The van der Waals surface area contributed by atoms with Gasteiger partial charge in [0.15, 0.2) is 11.5 Å². The lowest BCUT2D eigenvalue weighted by Gasteiger charge is -2.20. The molecule has 0 aliphatic rings. The van der Waals surface area contributed by atoms with E-state index >= 15 is 0 Å². The minimum Gasteiger partial charge on any atom is -0.493 e. The first-order chi connectivity index (χ1) is 14.0. The van der Waals surface area contributed by atoms with Crippen molar-refractivity contribution in [2.75, 3.05) is 20.8 Å². The van der Waals surface area contributed by atoms with Crippen molar-refractivity contribution in [3.05, 3.63) is 24.1 Å². The van der Waals surface area contributed by atoms with Gasteiger partial charge in [-0.2, -0.15) is 4.98 Å². The van der Waals surface area contributed by atoms with Crippen molar-refractivity contribution in [2.24, 2.45) is 11.7 Å². The molecular weight excluding hydrogens is 372 g/mol. The zero-order chi connectivity index (χ0) is 21.2. The summed E-state index contributed by atoms with van der Waals surface area (Å²) in [7, 11) is 3.16. The molecule has 2 rings (SSSR count). The van der Waals surface area contributed by atoms with Crippen molar-refractivity contribution in [3.63, 3.8) is 0 Å². The van der Waals surface area contributed by atoms with Gasteiger partial charge in [0.25, 0.3) is 0 Å². The molecule has 29 heavy (non-hydrogen) atoms. The van der Waals surface area contributed by atoms with Crippen LogP contribution in [0.5, 0.6) is 11.5 Å². The fourth-order valence-electron chi connectivity index (χ4n) is 2.99. The number of hydrogen-bond donors (Lipinski definition) is 2. The Bertz CT molecular complexity index is 778. The van der Waals surface area contributed by atoms with Crippen LogP contribution in [0.2, 0.25) is 0 Å². The summed E-state index contributed by atoms with van der Waals surface area (Å²) in [6, 6.07) is 5.09. The monoisotopic (exact) mass is 404 g/mol. The molecule has 0 aliphatic heterocycles. The second-order valence-corrected chi connectivity index (χ2v) is 7.06. The molecular formula is C21H32N4O4. The Morgan fingerprint density at radius 1 is 1.21 bits per heavy atom. The number of amides is 1. The van der Waals surface area contributed by atoms with E-state index in [1.165, 1.54) is 0 Å². The van der Waals surface area contributed by atoms with Crippen molar-refractivity contribution >= 4 is 5.91 Å². The van der Waals surface area contributed by atoms with E-state index in [9.17, 15) is 4.79 Å². The summed E-state index contributed by atoms with van der Waals surface area (Å²) in [5, 5.41) is 7.16. The molecule has 2 unspecified atom stereocenters. The third-order valence-corrected chi connectivity index (χ3v) is 4.99. The van der Waals surface area contributed by atoms with Gasteiger partial charge in [-0.05, 0) is 43.5 Å². The second-order valence-electron chi connectivity index (χ2n) is 7.06. The molecule has 1 heterocycles. The minimum absolute atomic E-state index is 0.0156. The van der Waals surface area contributed by atoms with Gasteiger partial charge in [-0.25, -0.2) is 0 Å². The SMILES string of the molecule is CCC(C)C(NC(=O)CCCCCN)c1nc(-c2ccc(OC)c(OC)c2)no1. The predicted molar refractivity (Wildman–Crippen MR) is 111 cm³/mol. The summed E-state index contributed by atoms with van der Waals surface area (Å²) in [4.78, 5) is 16.9. The van der Waals surface area contributed by atoms with E-state index in [2.05, 4.69) is 29.3 Å². The number of aromatic nitrogens is 2. The maximum Gasteiger partial charge on any atom is 0.249 e. The standard InChI is InChI=1S/C21H32N4O4/c1-5-14(2)19(23-18(26)9-7-6-8-12-22)21-24-20(25-29-21)15-10-11-16(27-3)17(13-15)28-4/h10-11,13-14,19H,5-9,12,22H2,1-4H3,(H,23,26). The molecule has 160 valence electrons. The molecule has 0 saturated carbocycles. The zero-order valence-corrected chi connectivity index (χ0v) is 17.7. The molecule has 0 saturated heterocycles. The Hall–Kier alpha value is -2.61. The van der Waals surface area contributed by atoms with Crippen LogP contribution in [0.1, 0.15) is 57.9 Å². The van der Waals surface area contributed by atoms with Gasteiger partial charge in [-0.15, -0.1) is 0 Å². The van der Waals surface area contributed by atoms with E-state index in [-0.39, 0.29) is 17.9 Å². The number of nitrogens with zero attached hydrogens (tertiary/aromatic N) is 2. The molecule has 0 aliphatic carbocycles. The van der Waals surface area contributed by atoms with Crippen LogP contribution in [0.15, 0.2) is 22.7 Å². The van der Waals surface area contributed by atoms with Crippen LogP contribution in [0.25, 0.3) is 11.4 Å². The van der Waals surface area contributed by atoms with Crippen molar-refractivity contribution in [2.45, 2.75) is 52.0 Å². The van der Waals surface area contributed by atoms with Crippen LogP contribution in [0.4, 0.5) is 0 Å². The van der Waals surface area contributed by atoms with Gasteiger partial charge in [0, 0.05) is 12.0 Å². The first-order valence-electron chi connectivity index (χ1n) is 10.1. The topological polar surface area (TPSA) is 113 Å². The third kappa shape index (κ3) is 6.19. The Kier molecular flexibility index (Phi) is 8.92. The molecule has 0 spiro atoms. The number of carbonyl (C=O) groups is 1. The lowest BCUT2D eigenvalue weighted by atomic mass is 9.98. The first-order valence-corrected chi connectivity index (χ1v) is 10.1. The average molecular weight is 405 g/mol. The van der Waals surface area contributed by atoms with Gasteiger partial charge in [0.05, 0.1) is 14.2 Å². The van der Waals surface area contributed by atoms with E-state index in [4.69, 9.17) is 19.7 Å². The summed E-state index contributed by atoms with van der Waals surface area (Å²) in [6.45, 7) is 4.77. The predicted octanol–water partition coefficient (Wildman–Crippen LogP) is 3.48. The van der Waals surface area contributed by atoms with Crippen LogP contribution in [-0.2, 0) is 4.79 Å². The fraction of sp³-hybridized carbons (Fsp3) is 0.571. The minimum atomic E-state index is -0.330. The lowest BCUT2D eigenvalue weighted by molar-refractivity contribution is -0.122. The molecule has 8 nitrogen and oxygen atoms in total. The summed E-state index contributed by atoms with van der Waals surface area (Å²) in [6.07, 6.45) is 4.02. The number of benzene rings is 1. The first kappa shape index (κ1) is 22.7. The van der Waals surface area contributed by atoms with E-state index in [1.807, 2.05) is 6.07 Å². The van der Waals surface area contributed by atoms with E-state index in [0.29, 0.717) is 36.2 Å². The van der Waals surface area contributed by atoms with Gasteiger partial charge in [-0.3, -0.25) is 4.79 Å². The Labute approximate surface area is 172 Å². The van der Waals surface area contributed by atoms with Crippen molar-refractivity contribution in [3.8, 4) is 22.9 Å². The number of unbranched alkanes of at least 4 members (excludes halogenated alkanes) is 2. The van der Waals surface area contributed by atoms with Crippen LogP contribution in [0, 0.1) is 5.92 Å². The van der Waals surface area contributed by atoms with Gasteiger partial charge < -0.3 is 25.0 Å². The van der Waals surface area contributed by atoms with E-state index in [1.54, 1.807) is 26.4 Å². The molecule has 2 aromatic rings. The molecule has 8 heteroatoms. The summed E-state index contributed by atoms with van der Waals surface area (Å²) in [5.41, 5.74) is 6.25. The maximum atomic E-state index is 12.4. The molecule has 1 aromatic carbocycles. The zero-order valence-electron chi connectivity index (χ0n) is 17.7. The summed E-state index contributed by atoms with van der Waals surface area (Å²) < 4.78 is 16.1. The fourth-order valence-corrected chi connectivity index (χ4v) is 2.99. The Morgan fingerprint density at radius 2 is 1.97 bits per heavy atom. The van der Waals surface area contributed by atoms with Crippen molar-refractivity contribution < 1.29 is 18.8 Å². The highest BCUT2D eigenvalue weighted by Gasteiger charge is 2.26. The number of carbonyl (C=O) groups excluding carboxylic acids is 1. The van der Waals surface area contributed by atoms with Gasteiger partial charge in [0.1, 0.15) is 6.04 Å². The van der Waals surface area contributed by atoms with Crippen molar-refractivity contribution in [1.29, 1.82) is 0 Å². The molecule has 1 amide bonds. The summed E-state index contributed by atoms with van der Waals surface area (Å²) >= 11 is 0. The number of nitrogens with one attached hydrogen (secondary N) is 1. The molecule has 3 N–H and O–H groups in total. The summed E-state index contributed by atoms with van der Waals surface area (Å²) in [5.74, 6) is 2.19. The molecule has 0 radical (unpaired) electrons. The average Bonchev–Trinajstić information content (AvgIpc) is 3.23. The Balaban J connectivity index is 2.15. The molecule has 2 atom stereocenters. The van der Waals surface area contributed by atoms with Gasteiger partial charge in [0.2, 0.25) is 17.6 Å². The quantitative estimate of drug-likeness (QED) is 0.521. The number of ether oxygens (including phenoxy) is 2. The lowest BCUT2D eigenvalue weighted by Crippen LogP contribution is -2.32. The van der Waals surface area contributed by atoms with Crippen LogP contribution in [-0.4, -0.2) is 36.8 Å². The van der Waals surface area contributed by atoms with Crippen molar-refractivity contribution in [1.82, 2.24) is 15.5 Å². The van der Waals surface area contributed by atoms with Gasteiger partial charge >= 0.3 is 0 Å². The second kappa shape index (κ2) is 11.4. The van der Waals surface area contributed by atoms with Crippen LogP contribution in [0.3, 0.4) is 0 Å². The smallest absolute Gasteiger partial charge is 0.249 e. The largest absolute Gasteiger partial charge is 0.493 e. The van der Waals surface area contributed by atoms with Crippen LogP contribution >= 0.6 is 0 Å². The Morgan fingerprint density at radius 3 is 2.62 bits per heavy atom. The number of hydrogen-bond acceptors (Lipinski definition) is 7.